The molecule has 0 saturated carbocycles. The summed E-state index contributed by atoms with van der Waals surface area (Å²) in [6.07, 6.45) is 8.41. The largest absolute Gasteiger partial charge is 0.372 e. The zero-order valence-corrected chi connectivity index (χ0v) is 13.1. The zero-order chi connectivity index (χ0) is 15.1. The lowest BCUT2D eigenvalue weighted by Crippen LogP contribution is -2.24. The maximum absolute atomic E-state index is 9.26. The summed E-state index contributed by atoms with van der Waals surface area (Å²) in [5.41, 5.74) is 4.43. The van der Waals surface area contributed by atoms with Gasteiger partial charge in [-0.2, -0.15) is 5.26 Å². The molecule has 0 radical (unpaired) electrons. The molecule has 0 bridgehead atoms. The molecule has 0 fully saturated rings. The molecule has 0 saturated heterocycles. The maximum Gasteiger partial charge on any atom is 0.0953 e. The van der Waals surface area contributed by atoms with Gasteiger partial charge in [0.05, 0.1) is 6.07 Å². The van der Waals surface area contributed by atoms with E-state index in [1.54, 1.807) is 0 Å². The summed E-state index contributed by atoms with van der Waals surface area (Å²) in [6.45, 7) is 6.63. The van der Waals surface area contributed by atoms with E-state index >= 15 is 0 Å². The van der Waals surface area contributed by atoms with E-state index in [1.165, 1.54) is 5.69 Å². The molecule has 0 amide bonds. The normalized spacial score (nSPS) is 14.1. The molecule has 0 aliphatic heterocycles. The minimum absolute atomic E-state index is 0.863. The number of hydrogen-bond acceptors (Lipinski definition) is 2. The highest BCUT2D eigenvalue weighted by atomic mass is 15.1. The SMILES string of the molecule is CCCN(CCC)c1ccc(C2=C(C#N)CCC=C2)cc1. The molecule has 1 aromatic carbocycles. The Bertz CT molecular complexity index is 552. The number of nitriles is 1. The van der Waals surface area contributed by atoms with Crippen molar-refractivity contribution in [3.05, 3.63) is 47.6 Å². The number of hydrogen-bond donors (Lipinski definition) is 0. The summed E-state index contributed by atoms with van der Waals surface area (Å²) in [7, 11) is 0. The predicted molar refractivity (Wildman–Crippen MR) is 90.1 cm³/mol. The fourth-order valence-electron chi connectivity index (χ4n) is 2.81. The van der Waals surface area contributed by atoms with Crippen LogP contribution in [0, 0.1) is 11.3 Å². The minimum Gasteiger partial charge on any atom is -0.372 e. The van der Waals surface area contributed by atoms with E-state index in [-0.39, 0.29) is 0 Å². The van der Waals surface area contributed by atoms with Crippen molar-refractivity contribution >= 4 is 11.3 Å². The monoisotopic (exact) mass is 280 g/mol. The van der Waals surface area contributed by atoms with Crippen LogP contribution in [0.2, 0.25) is 0 Å². The van der Waals surface area contributed by atoms with Gasteiger partial charge in [0, 0.05) is 24.4 Å². The fraction of sp³-hybridized carbons (Fsp3) is 0.421. The van der Waals surface area contributed by atoms with E-state index in [9.17, 15) is 5.26 Å². The van der Waals surface area contributed by atoms with Gasteiger partial charge >= 0.3 is 0 Å². The van der Waals surface area contributed by atoms with E-state index in [4.69, 9.17) is 0 Å². The number of benzene rings is 1. The van der Waals surface area contributed by atoms with Crippen LogP contribution in [-0.4, -0.2) is 13.1 Å². The number of nitrogens with zero attached hydrogens (tertiary/aromatic N) is 2. The molecule has 21 heavy (non-hydrogen) atoms. The Balaban J connectivity index is 2.24. The van der Waals surface area contributed by atoms with Gasteiger partial charge in [-0.1, -0.05) is 38.1 Å². The Morgan fingerprint density at radius 1 is 1.10 bits per heavy atom. The third kappa shape index (κ3) is 3.76. The molecule has 1 aromatic rings. The highest BCUT2D eigenvalue weighted by molar-refractivity contribution is 5.80. The molecule has 2 heteroatoms. The van der Waals surface area contributed by atoms with Gasteiger partial charge < -0.3 is 4.90 Å². The van der Waals surface area contributed by atoms with Crippen LogP contribution in [0.5, 0.6) is 0 Å². The van der Waals surface area contributed by atoms with E-state index in [0.29, 0.717) is 0 Å². The van der Waals surface area contributed by atoms with Gasteiger partial charge in [-0.25, -0.2) is 0 Å². The smallest absolute Gasteiger partial charge is 0.0953 e. The van der Waals surface area contributed by atoms with Crippen molar-refractivity contribution in [1.29, 1.82) is 5.26 Å². The number of rotatable bonds is 6. The van der Waals surface area contributed by atoms with Crippen LogP contribution < -0.4 is 4.90 Å². The van der Waals surface area contributed by atoms with Crippen molar-refractivity contribution in [3.63, 3.8) is 0 Å². The molecule has 1 aliphatic carbocycles. The Hall–Kier alpha value is -2.01. The lowest BCUT2D eigenvalue weighted by atomic mass is 9.93. The highest BCUT2D eigenvalue weighted by Crippen LogP contribution is 2.28. The Morgan fingerprint density at radius 2 is 1.76 bits per heavy atom. The van der Waals surface area contributed by atoms with Crippen molar-refractivity contribution in [2.75, 3.05) is 18.0 Å². The second-order valence-electron chi connectivity index (χ2n) is 5.48. The predicted octanol–water partition coefficient (Wildman–Crippen LogP) is 4.94. The molecular weight excluding hydrogens is 256 g/mol. The van der Waals surface area contributed by atoms with Crippen LogP contribution in [0.25, 0.3) is 5.57 Å². The summed E-state index contributed by atoms with van der Waals surface area (Å²) < 4.78 is 0. The molecular formula is C19H24N2. The van der Waals surface area contributed by atoms with E-state index < -0.39 is 0 Å². The fourth-order valence-corrected chi connectivity index (χ4v) is 2.81. The average molecular weight is 280 g/mol. The van der Waals surface area contributed by atoms with Crippen molar-refractivity contribution < 1.29 is 0 Å². The summed E-state index contributed by atoms with van der Waals surface area (Å²) in [5, 5.41) is 9.26. The van der Waals surface area contributed by atoms with E-state index in [1.807, 2.05) is 0 Å². The first-order valence-corrected chi connectivity index (χ1v) is 7.95. The topological polar surface area (TPSA) is 27.0 Å². The minimum atomic E-state index is 0.863. The lowest BCUT2D eigenvalue weighted by molar-refractivity contribution is 0.745. The summed E-state index contributed by atoms with van der Waals surface area (Å²) in [6, 6.07) is 11.0. The van der Waals surface area contributed by atoms with Crippen LogP contribution in [0.4, 0.5) is 5.69 Å². The van der Waals surface area contributed by atoms with Crippen LogP contribution in [0.15, 0.2) is 42.0 Å². The molecule has 0 unspecified atom stereocenters. The van der Waals surface area contributed by atoms with Gasteiger partial charge in [0.2, 0.25) is 0 Å². The zero-order valence-electron chi connectivity index (χ0n) is 13.1. The second-order valence-corrected chi connectivity index (χ2v) is 5.48. The Morgan fingerprint density at radius 3 is 2.33 bits per heavy atom. The third-order valence-electron chi connectivity index (χ3n) is 3.84. The van der Waals surface area contributed by atoms with E-state index in [0.717, 1.165) is 55.5 Å². The first-order chi connectivity index (χ1) is 10.3. The maximum atomic E-state index is 9.26. The van der Waals surface area contributed by atoms with Gasteiger partial charge in [-0.15, -0.1) is 0 Å². The van der Waals surface area contributed by atoms with Crippen molar-refractivity contribution in [2.24, 2.45) is 0 Å². The second kappa shape index (κ2) is 7.69. The van der Waals surface area contributed by atoms with Crippen LogP contribution in [-0.2, 0) is 0 Å². The molecule has 0 atom stereocenters. The molecule has 110 valence electrons. The molecule has 0 N–H and O–H groups in total. The van der Waals surface area contributed by atoms with Gasteiger partial charge in [0.25, 0.3) is 0 Å². The van der Waals surface area contributed by atoms with Gasteiger partial charge in [0.15, 0.2) is 0 Å². The molecule has 1 aliphatic rings. The van der Waals surface area contributed by atoms with Gasteiger partial charge in [-0.05, 0) is 49.0 Å². The van der Waals surface area contributed by atoms with Crippen molar-refractivity contribution in [1.82, 2.24) is 0 Å². The van der Waals surface area contributed by atoms with Gasteiger partial charge in [0.1, 0.15) is 0 Å². The summed E-state index contributed by atoms with van der Waals surface area (Å²) in [4.78, 5) is 2.43. The van der Waals surface area contributed by atoms with Crippen molar-refractivity contribution in [3.8, 4) is 6.07 Å². The van der Waals surface area contributed by atoms with Crippen LogP contribution >= 0.6 is 0 Å². The van der Waals surface area contributed by atoms with Gasteiger partial charge in [-0.3, -0.25) is 0 Å². The molecule has 0 heterocycles. The van der Waals surface area contributed by atoms with Crippen LogP contribution in [0.3, 0.4) is 0 Å². The van der Waals surface area contributed by atoms with Crippen molar-refractivity contribution in [2.45, 2.75) is 39.5 Å². The van der Waals surface area contributed by atoms with E-state index in [2.05, 4.69) is 61.2 Å². The van der Waals surface area contributed by atoms with Crippen LogP contribution in [0.1, 0.15) is 45.1 Å². The quantitative estimate of drug-likeness (QED) is 0.738. The molecule has 2 nitrogen and oxygen atoms in total. The first-order valence-electron chi connectivity index (χ1n) is 7.95. The Kier molecular flexibility index (Phi) is 5.63. The standard InChI is InChI=1S/C19H24N2/c1-3-13-21(14-4-2)18-11-9-16(10-12-18)19-8-6-5-7-17(19)15-20/h6,8-12H,3-5,7,13-14H2,1-2H3. The average Bonchev–Trinajstić information content (AvgIpc) is 2.55. The number of allylic oxidation sites excluding steroid dienone is 4. The molecule has 0 spiro atoms. The molecule has 0 aromatic heterocycles. The Labute approximate surface area is 128 Å². The highest BCUT2D eigenvalue weighted by Gasteiger charge is 2.11. The number of anilines is 1. The summed E-state index contributed by atoms with van der Waals surface area (Å²) in [5.74, 6) is 0. The molecule has 2 rings (SSSR count). The first kappa shape index (κ1) is 15.4. The summed E-state index contributed by atoms with van der Waals surface area (Å²) >= 11 is 0. The lowest BCUT2D eigenvalue weighted by Gasteiger charge is -2.24. The third-order valence-corrected chi connectivity index (χ3v) is 3.84.